The fourth-order valence-corrected chi connectivity index (χ4v) is 3.80. The number of carbonyl (C=O) groups excluding carboxylic acids is 2. The molecule has 10 heteroatoms. The van der Waals surface area contributed by atoms with Gasteiger partial charge in [0.1, 0.15) is 18.2 Å². The Bertz CT molecular complexity index is 1080. The Kier molecular flexibility index (Phi) is 6.43. The van der Waals surface area contributed by atoms with Crippen molar-refractivity contribution in [2.75, 3.05) is 11.9 Å². The van der Waals surface area contributed by atoms with Crippen molar-refractivity contribution in [2.45, 2.75) is 51.0 Å². The molecule has 0 aromatic heterocycles. The number of fused-ring (bicyclic) bond motifs is 1. The Morgan fingerprint density at radius 2 is 1.88 bits per heavy atom. The van der Waals surface area contributed by atoms with E-state index in [1.807, 2.05) is 0 Å². The SMILES string of the molecule is CCOc1ccc(F)cc1C(C)(C)CC(O)(C(=O)Nc1ccc2c(c1)COC2=O)C(F)(F)F. The van der Waals surface area contributed by atoms with Crippen LogP contribution < -0.4 is 10.1 Å². The van der Waals surface area contributed by atoms with E-state index < -0.39 is 41.3 Å². The number of anilines is 1. The number of cyclic esters (lactones) is 1. The van der Waals surface area contributed by atoms with Gasteiger partial charge in [-0.15, -0.1) is 0 Å². The predicted molar refractivity (Wildman–Crippen MR) is 110 cm³/mol. The first-order valence-corrected chi connectivity index (χ1v) is 10.1. The number of amides is 1. The van der Waals surface area contributed by atoms with E-state index in [-0.39, 0.29) is 35.8 Å². The zero-order chi connectivity index (χ0) is 24.6. The topological polar surface area (TPSA) is 84.9 Å². The van der Waals surface area contributed by atoms with Crippen molar-refractivity contribution < 1.29 is 41.7 Å². The lowest BCUT2D eigenvalue weighted by Crippen LogP contribution is -2.57. The van der Waals surface area contributed by atoms with E-state index in [0.29, 0.717) is 5.56 Å². The van der Waals surface area contributed by atoms with Gasteiger partial charge in [0.25, 0.3) is 5.91 Å². The molecule has 0 saturated carbocycles. The maximum absolute atomic E-state index is 14.0. The molecule has 33 heavy (non-hydrogen) atoms. The lowest BCUT2D eigenvalue weighted by molar-refractivity contribution is -0.254. The van der Waals surface area contributed by atoms with Gasteiger partial charge in [-0.2, -0.15) is 13.2 Å². The van der Waals surface area contributed by atoms with E-state index in [4.69, 9.17) is 9.47 Å². The summed E-state index contributed by atoms with van der Waals surface area (Å²) in [6, 6.07) is 7.28. The monoisotopic (exact) mass is 469 g/mol. The lowest BCUT2D eigenvalue weighted by Gasteiger charge is -2.37. The van der Waals surface area contributed by atoms with Gasteiger partial charge < -0.3 is 19.9 Å². The van der Waals surface area contributed by atoms with Gasteiger partial charge >= 0.3 is 12.1 Å². The average molecular weight is 469 g/mol. The fourth-order valence-electron chi connectivity index (χ4n) is 3.80. The highest BCUT2D eigenvalue weighted by Gasteiger charge is 2.61. The second-order valence-electron chi connectivity index (χ2n) is 8.39. The highest BCUT2D eigenvalue weighted by molar-refractivity contribution is 5.99. The summed E-state index contributed by atoms with van der Waals surface area (Å²) in [6.45, 7) is 4.48. The molecular formula is C23H23F4NO5. The van der Waals surface area contributed by atoms with Crippen LogP contribution in [0.15, 0.2) is 36.4 Å². The minimum Gasteiger partial charge on any atom is -0.494 e. The number of ether oxygens (including phenoxy) is 2. The van der Waals surface area contributed by atoms with Gasteiger partial charge in [0.2, 0.25) is 5.60 Å². The minimum absolute atomic E-state index is 0.0432. The van der Waals surface area contributed by atoms with E-state index in [2.05, 4.69) is 5.32 Å². The molecular weight excluding hydrogens is 446 g/mol. The molecule has 1 unspecified atom stereocenters. The molecule has 0 saturated heterocycles. The number of hydrogen-bond acceptors (Lipinski definition) is 5. The van der Waals surface area contributed by atoms with Gasteiger partial charge in [0, 0.05) is 23.2 Å². The third-order valence-electron chi connectivity index (χ3n) is 5.45. The first-order chi connectivity index (χ1) is 15.3. The number of esters is 1. The molecule has 178 valence electrons. The highest BCUT2D eigenvalue weighted by atomic mass is 19.4. The number of aliphatic hydroxyl groups is 1. The standard InChI is InChI=1S/C23H23F4NO5/c1-4-32-18-8-5-14(24)10-17(18)21(2,3)12-22(31,23(25,26)27)20(30)28-15-6-7-16-13(9-15)11-33-19(16)29/h5-10,31H,4,11-12H2,1-3H3,(H,28,30). The van der Waals surface area contributed by atoms with Crippen molar-refractivity contribution in [2.24, 2.45) is 0 Å². The quantitative estimate of drug-likeness (QED) is 0.461. The molecule has 0 spiro atoms. The van der Waals surface area contributed by atoms with Crippen LogP contribution in [-0.4, -0.2) is 35.4 Å². The molecule has 2 aromatic carbocycles. The summed E-state index contributed by atoms with van der Waals surface area (Å²) in [6.07, 6.45) is -6.45. The smallest absolute Gasteiger partial charge is 0.426 e. The van der Waals surface area contributed by atoms with Crippen LogP contribution >= 0.6 is 0 Å². The summed E-state index contributed by atoms with van der Waals surface area (Å²) < 4.78 is 66.2. The van der Waals surface area contributed by atoms with Crippen LogP contribution in [0.5, 0.6) is 5.75 Å². The molecule has 1 heterocycles. The van der Waals surface area contributed by atoms with Crippen LogP contribution in [0.4, 0.5) is 23.2 Å². The van der Waals surface area contributed by atoms with Crippen molar-refractivity contribution in [3.8, 4) is 5.75 Å². The minimum atomic E-state index is -5.34. The molecule has 3 rings (SSSR count). The van der Waals surface area contributed by atoms with Crippen LogP contribution in [0.25, 0.3) is 0 Å². The fraction of sp³-hybridized carbons (Fsp3) is 0.391. The predicted octanol–water partition coefficient (Wildman–Crippen LogP) is 4.49. The van der Waals surface area contributed by atoms with Crippen LogP contribution in [0.1, 0.15) is 48.7 Å². The van der Waals surface area contributed by atoms with Crippen LogP contribution in [0.2, 0.25) is 0 Å². The molecule has 1 aliphatic heterocycles. The lowest BCUT2D eigenvalue weighted by atomic mass is 9.74. The molecule has 0 radical (unpaired) electrons. The van der Waals surface area contributed by atoms with Crippen LogP contribution in [0, 0.1) is 5.82 Å². The van der Waals surface area contributed by atoms with E-state index in [1.54, 1.807) is 6.92 Å². The summed E-state index contributed by atoms with van der Waals surface area (Å²) in [5.41, 5.74) is -4.65. The molecule has 1 atom stereocenters. The number of hydrogen-bond donors (Lipinski definition) is 2. The van der Waals surface area contributed by atoms with Crippen molar-refractivity contribution in [1.82, 2.24) is 0 Å². The van der Waals surface area contributed by atoms with Crippen molar-refractivity contribution in [3.05, 3.63) is 58.9 Å². The Balaban J connectivity index is 1.94. The third kappa shape index (κ3) is 4.80. The molecule has 1 amide bonds. The van der Waals surface area contributed by atoms with Gasteiger partial charge in [0.15, 0.2) is 0 Å². The van der Waals surface area contributed by atoms with E-state index in [0.717, 1.165) is 12.1 Å². The molecule has 2 aromatic rings. The number of benzene rings is 2. The summed E-state index contributed by atoms with van der Waals surface area (Å²) >= 11 is 0. The zero-order valence-electron chi connectivity index (χ0n) is 18.2. The van der Waals surface area contributed by atoms with Gasteiger partial charge in [-0.3, -0.25) is 4.79 Å². The molecule has 0 fully saturated rings. The maximum Gasteiger partial charge on any atom is 0.426 e. The van der Waals surface area contributed by atoms with Crippen molar-refractivity contribution in [1.29, 1.82) is 0 Å². The number of alkyl halides is 3. The van der Waals surface area contributed by atoms with Crippen molar-refractivity contribution in [3.63, 3.8) is 0 Å². The number of halogens is 4. The highest BCUT2D eigenvalue weighted by Crippen LogP contribution is 2.44. The first-order valence-electron chi connectivity index (χ1n) is 10.1. The Morgan fingerprint density at radius 3 is 2.52 bits per heavy atom. The average Bonchev–Trinajstić information content (AvgIpc) is 3.08. The number of carbonyl (C=O) groups is 2. The Hall–Kier alpha value is -3.14. The summed E-state index contributed by atoms with van der Waals surface area (Å²) in [7, 11) is 0. The van der Waals surface area contributed by atoms with Gasteiger partial charge in [-0.25, -0.2) is 9.18 Å². The largest absolute Gasteiger partial charge is 0.494 e. The van der Waals surface area contributed by atoms with Gasteiger partial charge in [0.05, 0.1) is 12.2 Å². The van der Waals surface area contributed by atoms with Crippen LogP contribution in [0.3, 0.4) is 0 Å². The van der Waals surface area contributed by atoms with E-state index in [9.17, 15) is 32.3 Å². The first kappa shape index (κ1) is 24.5. The van der Waals surface area contributed by atoms with Gasteiger partial charge in [-0.1, -0.05) is 13.8 Å². The Morgan fingerprint density at radius 1 is 1.18 bits per heavy atom. The van der Waals surface area contributed by atoms with Crippen LogP contribution in [-0.2, 0) is 21.6 Å². The third-order valence-corrected chi connectivity index (χ3v) is 5.45. The molecule has 2 N–H and O–H groups in total. The molecule has 6 nitrogen and oxygen atoms in total. The summed E-state index contributed by atoms with van der Waals surface area (Å²) in [4.78, 5) is 24.3. The normalized spacial score (nSPS) is 15.5. The van der Waals surface area contributed by atoms with Gasteiger partial charge in [-0.05, 0) is 48.7 Å². The number of nitrogens with one attached hydrogen (secondary N) is 1. The van der Waals surface area contributed by atoms with E-state index >= 15 is 0 Å². The zero-order valence-corrected chi connectivity index (χ0v) is 18.2. The Labute approximate surface area is 187 Å². The summed E-state index contributed by atoms with van der Waals surface area (Å²) in [5.74, 6) is -2.83. The molecule has 1 aliphatic rings. The second-order valence-corrected chi connectivity index (χ2v) is 8.39. The van der Waals surface area contributed by atoms with Crippen molar-refractivity contribution >= 4 is 17.6 Å². The molecule has 0 bridgehead atoms. The molecule has 0 aliphatic carbocycles. The number of rotatable bonds is 7. The summed E-state index contributed by atoms with van der Waals surface area (Å²) in [5, 5.41) is 12.7. The second kappa shape index (κ2) is 8.66. The maximum atomic E-state index is 14.0. The van der Waals surface area contributed by atoms with E-state index in [1.165, 1.54) is 38.1 Å².